The average Bonchev–Trinajstić information content (AvgIpc) is 3.11. The number of nitrogens with one attached hydrogen (secondary N) is 1. The Morgan fingerprint density at radius 3 is 2.57 bits per heavy atom. The normalized spacial score (nSPS) is 11.1. The zero-order valence-electron chi connectivity index (χ0n) is 15.3. The minimum Gasteiger partial charge on any atom is -0.321 e. The Morgan fingerprint density at radius 2 is 1.89 bits per heavy atom. The van der Waals surface area contributed by atoms with E-state index in [-0.39, 0.29) is 5.57 Å². The van der Waals surface area contributed by atoms with E-state index in [1.807, 2.05) is 74.5 Å². The van der Waals surface area contributed by atoms with E-state index in [1.165, 1.54) is 11.3 Å². The summed E-state index contributed by atoms with van der Waals surface area (Å²) in [4.78, 5) is 14.4. The fourth-order valence-corrected chi connectivity index (χ4v) is 4.71. The quantitative estimate of drug-likeness (QED) is 0.365. The molecule has 0 fully saturated rings. The van der Waals surface area contributed by atoms with Gasteiger partial charge in [-0.3, -0.25) is 4.79 Å². The number of amides is 1. The molecule has 0 saturated carbocycles. The second-order valence-corrected chi connectivity index (χ2v) is 9.08. The van der Waals surface area contributed by atoms with E-state index in [0.717, 1.165) is 25.1 Å². The zero-order valence-corrected chi connectivity index (χ0v) is 17.7. The van der Waals surface area contributed by atoms with Gasteiger partial charge in [-0.25, -0.2) is 0 Å². The molecule has 0 aliphatic carbocycles. The summed E-state index contributed by atoms with van der Waals surface area (Å²) < 4.78 is 1.07. The summed E-state index contributed by atoms with van der Waals surface area (Å²) in [6.07, 6.45) is 1.62. The first-order valence-corrected chi connectivity index (χ1v) is 10.5. The van der Waals surface area contributed by atoms with E-state index in [9.17, 15) is 10.1 Å². The lowest BCUT2D eigenvalue weighted by Gasteiger charge is -2.08. The van der Waals surface area contributed by atoms with Gasteiger partial charge in [0.05, 0.1) is 4.21 Å². The van der Waals surface area contributed by atoms with Gasteiger partial charge in [0.15, 0.2) is 0 Å². The van der Waals surface area contributed by atoms with E-state index in [4.69, 9.17) is 11.6 Å². The Kier molecular flexibility index (Phi) is 6.58. The Bertz CT molecular complexity index is 1080. The van der Waals surface area contributed by atoms with Gasteiger partial charge in [0, 0.05) is 20.5 Å². The monoisotopic (exact) mass is 424 g/mol. The fraction of sp³-hybridized carbons (Fsp3) is 0.0909. The number of halogens is 1. The van der Waals surface area contributed by atoms with Crippen molar-refractivity contribution in [2.24, 2.45) is 0 Å². The molecule has 28 heavy (non-hydrogen) atoms. The maximum absolute atomic E-state index is 12.5. The molecular formula is C22H17ClN2OS2. The van der Waals surface area contributed by atoms with Crippen LogP contribution in [0.25, 0.3) is 6.08 Å². The van der Waals surface area contributed by atoms with Crippen molar-refractivity contribution in [1.29, 1.82) is 5.26 Å². The van der Waals surface area contributed by atoms with Crippen LogP contribution in [0, 0.1) is 25.2 Å². The highest BCUT2D eigenvalue weighted by Crippen LogP contribution is 2.34. The van der Waals surface area contributed by atoms with Crippen LogP contribution in [-0.2, 0) is 4.79 Å². The number of aryl methyl sites for hydroxylation is 2. The zero-order chi connectivity index (χ0) is 20.1. The maximum Gasteiger partial charge on any atom is 0.266 e. The molecule has 0 bridgehead atoms. The summed E-state index contributed by atoms with van der Waals surface area (Å²) in [6.45, 7) is 3.92. The number of nitrogens with zero attached hydrogens (tertiary/aromatic N) is 1. The van der Waals surface area contributed by atoms with Crippen LogP contribution >= 0.6 is 34.7 Å². The van der Waals surface area contributed by atoms with Crippen LogP contribution in [0.4, 0.5) is 5.69 Å². The Hall–Kier alpha value is -2.52. The SMILES string of the molecule is Cc1ccc(NC(=O)/C(C#N)=C\c2ccc(Sc3ccc(Cl)cc3)s2)c(C)c1. The summed E-state index contributed by atoms with van der Waals surface area (Å²) in [6, 6.07) is 19.3. The number of carbonyl (C=O) groups is 1. The van der Waals surface area contributed by atoms with E-state index >= 15 is 0 Å². The third-order valence-electron chi connectivity index (χ3n) is 3.92. The molecule has 1 amide bonds. The van der Waals surface area contributed by atoms with Gasteiger partial charge in [-0.05, 0) is 68.0 Å². The third-order valence-corrected chi connectivity index (χ3v) is 6.34. The minimum atomic E-state index is -0.408. The van der Waals surface area contributed by atoms with Gasteiger partial charge in [0.1, 0.15) is 11.6 Å². The van der Waals surface area contributed by atoms with Crippen molar-refractivity contribution in [3.05, 3.63) is 81.2 Å². The molecule has 0 unspecified atom stereocenters. The summed E-state index contributed by atoms with van der Waals surface area (Å²) in [5.74, 6) is -0.408. The first-order valence-electron chi connectivity index (χ1n) is 8.48. The van der Waals surface area contributed by atoms with Gasteiger partial charge >= 0.3 is 0 Å². The molecule has 0 aliphatic rings. The molecule has 0 aliphatic heterocycles. The molecule has 3 aromatic rings. The molecule has 1 heterocycles. The molecule has 3 rings (SSSR count). The lowest BCUT2D eigenvalue weighted by molar-refractivity contribution is -0.112. The van der Waals surface area contributed by atoms with Crippen molar-refractivity contribution in [2.45, 2.75) is 23.0 Å². The molecule has 1 aromatic heterocycles. The molecular weight excluding hydrogens is 408 g/mol. The number of rotatable bonds is 5. The van der Waals surface area contributed by atoms with Crippen molar-refractivity contribution in [1.82, 2.24) is 0 Å². The lowest BCUT2D eigenvalue weighted by Crippen LogP contribution is -2.14. The van der Waals surface area contributed by atoms with Crippen LogP contribution < -0.4 is 5.32 Å². The minimum absolute atomic E-state index is 0.0740. The first-order chi connectivity index (χ1) is 13.4. The van der Waals surface area contributed by atoms with Crippen LogP contribution in [0.2, 0.25) is 5.02 Å². The van der Waals surface area contributed by atoms with Gasteiger partial charge in [-0.15, -0.1) is 11.3 Å². The van der Waals surface area contributed by atoms with Crippen LogP contribution in [0.5, 0.6) is 0 Å². The summed E-state index contributed by atoms with van der Waals surface area (Å²) in [5.41, 5.74) is 2.87. The van der Waals surface area contributed by atoms with Crippen LogP contribution in [0.1, 0.15) is 16.0 Å². The van der Waals surface area contributed by atoms with Gasteiger partial charge in [-0.1, -0.05) is 41.1 Å². The van der Waals surface area contributed by atoms with Crippen LogP contribution in [0.15, 0.2) is 69.3 Å². The fourth-order valence-electron chi connectivity index (χ4n) is 2.52. The summed E-state index contributed by atoms with van der Waals surface area (Å²) in [7, 11) is 0. The first kappa shape index (κ1) is 20.2. The third kappa shape index (κ3) is 5.26. The van der Waals surface area contributed by atoms with Crippen molar-refractivity contribution in [2.75, 3.05) is 5.32 Å². The number of hydrogen-bond donors (Lipinski definition) is 1. The Labute approximate surface area is 177 Å². The van der Waals surface area contributed by atoms with Crippen LogP contribution in [0.3, 0.4) is 0 Å². The van der Waals surface area contributed by atoms with Crippen molar-refractivity contribution >= 4 is 52.4 Å². The smallest absolute Gasteiger partial charge is 0.266 e. The average molecular weight is 425 g/mol. The van der Waals surface area contributed by atoms with Crippen molar-refractivity contribution in [3.8, 4) is 6.07 Å². The van der Waals surface area contributed by atoms with Crippen molar-refractivity contribution < 1.29 is 4.79 Å². The number of thiophene rings is 1. The predicted molar refractivity (Wildman–Crippen MR) is 118 cm³/mol. The molecule has 140 valence electrons. The van der Waals surface area contributed by atoms with Gasteiger partial charge < -0.3 is 5.32 Å². The molecule has 3 nitrogen and oxygen atoms in total. The van der Waals surface area contributed by atoms with E-state index in [1.54, 1.807) is 17.8 Å². The summed E-state index contributed by atoms with van der Waals surface area (Å²) >= 11 is 9.05. The second-order valence-electron chi connectivity index (χ2n) is 6.16. The molecule has 1 N–H and O–H groups in total. The van der Waals surface area contributed by atoms with E-state index < -0.39 is 5.91 Å². The Balaban J connectivity index is 1.73. The number of benzene rings is 2. The molecule has 6 heteroatoms. The lowest BCUT2D eigenvalue weighted by atomic mass is 10.1. The van der Waals surface area contributed by atoms with Gasteiger partial charge in [0.25, 0.3) is 5.91 Å². The molecule has 0 radical (unpaired) electrons. The molecule has 0 spiro atoms. The molecule has 0 saturated heterocycles. The topological polar surface area (TPSA) is 52.9 Å². The highest BCUT2D eigenvalue weighted by Gasteiger charge is 2.12. The van der Waals surface area contributed by atoms with Gasteiger partial charge in [-0.2, -0.15) is 5.26 Å². The second kappa shape index (κ2) is 9.11. The van der Waals surface area contributed by atoms with Crippen LogP contribution in [-0.4, -0.2) is 5.91 Å². The highest BCUT2D eigenvalue weighted by molar-refractivity contribution is 8.01. The van der Waals surface area contributed by atoms with Gasteiger partial charge in [0.2, 0.25) is 0 Å². The number of anilines is 1. The molecule has 2 aromatic carbocycles. The summed E-state index contributed by atoms with van der Waals surface area (Å²) in [5, 5.41) is 12.9. The molecule has 0 atom stereocenters. The van der Waals surface area contributed by atoms with E-state index in [0.29, 0.717) is 10.7 Å². The standard InChI is InChI=1S/C22H17ClN2OS2/c1-14-3-9-20(15(2)11-14)25-22(26)16(13-24)12-19-8-10-21(28-19)27-18-6-4-17(23)5-7-18/h3-12H,1-2H3,(H,25,26)/b16-12-. The Morgan fingerprint density at radius 1 is 1.14 bits per heavy atom. The predicted octanol–water partition coefficient (Wildman–Crippen LogP) is 6.72. The number of hydrogen-bond acceptors (Lipinski definition) is 4. The van der Waals surface area contributed by atoms with E-state index in [2.05, 4.69) is 5.32 Å². The number of nitriles is 1. The highest BCUT2D eigenvalue weighted by atomic mass is 35.5. The number of carbonyl (C=O) groups excluding carboxylic acids is 1. The maximum atomic E-state index is 12.5. The largest absolute Gasteiger partial charge is 0.321 e. The van der Waals surface area contributed by atoms with Crippen molar-refractivity contribution in [3.63, 3.8) is 0 Å².